The average Bonchev–Trinajstić information content (AvgIpc) is 2.18. The predicted molar refractivity (Wildman–Crippen MR) is 53.1 cm³/mol. The molecule has 15 heavy (non-hydrogen) atoms. The van der Waals surface area contributed by atoms with Gasteiger partial charge in [-0.2, -0.15) is 0 Å². The lowest BCUT2D eigenvalue weighted by molar-refractivity contribution is -0.111. The van der Waals surface area contributed by atoms with Crippen LogP contribution < -0.4 is 5.73 Å². The van der Waals surface area contributed by atoms with E-state index in [0.717, 1.165) is 12.1 Å². The van der Waals surface area contributed by atoms with Crippen LogP contribution in [0.4, 0.5) is 13.2 Å². The first-order valence-corrected chi connectivity index (χ1v) is 4.66. The Hall–Kier alpha value is -1.03. The fourth-order valence-electron chi connectivity index (χ4n) is 1.21. The van der Waals surface area contributed by atoms with Crippen molar-refractivity contribution in [1.29, 1.82) is 0 Å². The molecule has 1 rings (SSSR count). The molecule has 0 spiro atoms. The Bertz CT molecular complexity index is 347. The van der Waals surface area contributed by atoms with E-state index in [1.165, 1.54) is 26.0 Å². The molecule has 0 aliphatic heterocycles. The van der Waals surface area contributed by atoms with Gasteiger partial charge in [-0.05, 0) is 6.07 Å². The van der Waals surface area contributed by atoms with E-state index in [0.29, 0.717) is 0 Å². The van der Waals surface area contributed by atoms with Crippen LogP contribution in [0.5, 0.6) is 0 Å². The molecule has 0 heterocycles. The van der Waals surface area contributed by atoms with Gasteiger partial charge in [0.2, 0.25) is 0 Å². The molecule has 0 saturated heterocycles. The first kappa shape index (κ1) is 12.0. The van der Waals surface area contributed by atoms with Crippen molar-refractivity contribution in [3.63, 3.8) is 0 Å². The highest BCUT2D eigenvalue weighted by atomic mass is 19.3. The minimum Gasteiger partial charge on any atom is -0.330 e. The van der Waals surface area contributed by atoms with E-state index < -0.39 is 22.7 Å². The number of alkyl halides is 2. The van der Waals surface area contributed by atoms with E-state index in [-0.39, 0.29) is 6.54 Å². The number of rotatable bonds is 3. The topological polar surface area (TPSA) is 26.0 Å². The van der Waals surface area contributed by atoms with E-state index in [1.807, 2.05) is 0 Å². The van der Waals surface area contributed by atoms with E-state index in [4.69, 9.17) is 5.73 Å². The third kappa shape index (κ3) is 2.00. The van der Waals surface area contributed by atoms with Gasteiger partial charge >= 0.3 is 0 Å². The second kappa shape index (κ2) is 3.85. The smallest absolute Gasteiger partial charge is 0.282 e. The highest BCUT2D eigenvalue weighted by Crippen LogP contribution is 2.44. The van der Waals surface area contributed by atoms with Crippen LogP contribution in [0.3, 0.4) is 0 Å². The van der Waals surface area contributed by atoms with Crippen molar-refractivity contribution in [3.8, 4) is 0 Å². The summed E-state index contributed by atoms with van der Waals surface area (Å²) in [5.41, 5.74) is 3.22. The van der Waals surface area contributed by atoms with Gasteiger partial charge in [0.1, 0.15) is 5.82 Å². The Morgan fingerprint density at radius 2 is 1.73 bits per heavy atom. The maximum atomic E-state index is 13.9. The first-order chi connectivity index (χ1) is 6.83. The standard InChI is InChI=1S/C11H14F3N/c1-10(2,7-15)11(13,14)8-5-3-4-6-9(8)12/h3-6H,7,15H2,1-2H3. The van der Waals surface area contributed by atoms with E-state index >= 15 is 0 Å². The summed E-state index contributed by atoms with van der Waals surface area (Å²) < 4.78 is 41.0. The van der Waals surface area contributed by atoms with Crippen molar-refractivity contribution in [1.82, 2.24) is 0 Å². The highest BCUT2D eigenvalue weighted by Gasteiger charge is 2.48. The number of halogens is 3. The zero-order valence-electron chi connectivity index (χ0n) is 8.73. The molecule has 0 saturated carbocycles. The molecule has 1 aromatic rings. The van der Waals surface area contributed by atoms with Gasteiger partial charge in [0.15, 0.2) is 0 Å². The summed E-state index contributed by atoms with van der Waals surface area (Å²) in [6.07, 6.45) is 0. The Morgan fingerprint density at radius 1 is 1.20 bits per heavy atom. The molecule has 0 radical (unpaired) electrons. The molecule has 0 atom stereocenters. The molecule has 0 fully saturated rings. The molecule has 0 bridgehead atoms. The van der Waals surface area contributed by atoms with E-state index in [1.54, 1.807) is 0 Å². The van der Waals surface area contributed by atoms with Crippen LogP contribution in [0.2, 0.25) is 0 Å². The zero-order chi connectivity index (χ0) is 11.7. The first-order valence-electron chi connectivity index (χ1n) is 4.66. The SMILES string of the molecule is CC(C)(CN)C(F)(F)c1ccccc1F. The van der Waals surface area contributed by atoms with Crippen LogP contribution in [-0.4, -0.2) is 6.54 Å². The Labute approximate surface area is 87.1 Å². The van der Waals surface area contributed by atoms with Crippen LogP contribution in [0.1, 0.15) is 19.4 Å². The molecule has 84 valence electrons. The maximum Gasteiger partial charge on any atom is 0.282 e. The van der Waals surface area contributed by atoms with E-state index in [2.05, 4.69) is 0 Å². The average molecular weight is 217 g/mol. The minimum atomic E-state index is -3.27. The van der Waals surface area contributed by atoms with Gasteiger partial charge in [-0.15, -0.1) is 0 Å². The van der Waals surface area contributed by atoms with Gasteiger partial charge < -0.3 is 5.73 Å². The van der Waals surface area contributed by atoms with Gasteiger partial charge in [0, 0.05) is 12.0 Å². The lowest BCUT2D eigenvalue weighted by Crippen LogP contribution is -2.40. The quantitative estimate of drug-likeness (QED) is 0.827. The van der Waals surface area contributed by atoms with Crippen molar-refractivity contribution in [2.75, 3.05) is 6.54 Å². The molecule has 1 nitrogen and oxygen atoms in total. The summed E-state index contributed by atoms with van der Waals surface area (Å²) in [7, 11) is 0. The number of nitrogens with two attached hydrogens (primary N) is 1. The lowest BCUT2D eigenvalue weighted by atomic mass is 9.81. The van der Waals surface area contributed by atoms with Crippen LogP contribution in [-0.2, 0) is 5.92 Å². The van der Waals surface area contributed by atoms with Crippen LogP contribution in [0.15, 0.2) is 24.3 Å². The lowest BCUT2D eigenvalue weighted by Gasteiger charge is -2.33. The van der Waals surface area contributed by atoms with Gasteiger partial charge in [-0.3, -0.25) is 0 Å². The number of hydrogen-bond acceptors (Lipinski definition) is 1. The van der Waals surface area contributed by atoms with Crippen LogP contribution in [0, 0.1) is 11.2 Å². The monoisotopic (exact) mass is 217 g/mol. The molecular weight excluding hydrogens is 203 g/mol. The molecule has 0 amide bonds. The summed E-state index contributed by atoms with van der Waals surface area (Å²) in [5.74, 6) is -4.17. The van der Waals surface area contributed by atoms with E-state index in [9.17, 15) is 13.2 Å². The van der Waals surface area contributed by atoms with Gasteiger partial charge in [-0.1, -0.05) is 32.0 Å². The highest BCUT2D eigenvalue weighted by molar-refractivity contribution is 5.24. The minimum absolute atomic E-state index is 0.214. The second-order valence-electron chi connectivity index (χ2n) is 4.14. The zero-order valence-corrected chi connectivity index (χ0v) is 8.73. The van der Waals surface area contributed by atoms with Crippen molar-refractivity contribution in [3.05, 3.63) is 35.6 Å². The normalized spacial score (nSPS) is 12.9. The third-order valence-electron chi connectivity index (χ3n) is 2.57. The molecule has 2 N–H and O–H groups in total. The van der Waals surface area contributed by atoms with Crippen molar-refractivity contribution < 1.29 is 13.2 Å². The molecule has 0 aliphatic rings. The predicted octanol–water partition coefficient (Wildman–Crippen LogP) is 2.90. The number of benzene rings is 1. The molecule has 1 aromatic carbocycles. The van der Waals surface area contributed by atoms with Crippen LogP contribution >= 0.6 is 0 Å². The summed E-state index contributed by atoms with van der Waals surface area (Å²) in [6.45, 7) is 2.42. The molecular formula is C11H14F3N. The summed E-state index contributed by atoms with van der Waals surface area (Å²) in [5, 5.41) is 0. The summed E-state index contributed by atoms with van der Waals surface area (Å²) in [4.78, 5) is 0. The van der Waals surface area contributed by atoms with Gasteiger partial charge in [0.25, 0.3) is 5.92 Å². The largest absolute Gasteiger partial charge is 0.330 e. The molecule has 4 heteroatoms. The summed E-state index contributed by atoms with van der Waals surface area (Å²) >= 11 is 0. The molecule has 0 aliphatic carbocycles. The van der Waals surface area contributed by atoms with Crippen molar-refractivity contribution in [2.45, 2.75) is 19.8 Å². The maximum absolute atomic E-state index is 13.9. The fourth-order valence-corrected chi connectivity index (χ4v) is 1.21. The Morgan fingerprint density at radius 3 is 2.20 bits per heavy atom. The van der Waals surface area contributed by atoms with Gasteiger partial charge in [0.05, 0.1) is 5.56 Å². The Kier molecular flexibility index (Phi) is 3.09. The fraction of sp³-hybridized carbons (Fsp3) is 0.455. The van der Waals surface area contributed by atoms with Gasteiger partial charge in [-0.25, -0.2) is 13.2 Å². The second-order valence-corrected chi connectivity index (χ2v) is 4.14. The summed E-state index contributed by atoms with van der Waals surface area (Å²) in [6, 6.07) is 4.88. The molecule has 0 aromatic heterocycles. The third-order valence-corrected chi connectivity index (χ3v) is 2.57. The molecule has 0 unspecified atom stereocenters. The van der Waals surface area contributed by atoms with Crippen LogP contribution in [0.25, 0.3) is 0 Å². The Balaban J connectivity index is 3.22. The van der Waals surface area contributed by atoms with Crippen molar-refractivity contribution in [2.24, 2.45) is 11.1 Å². The number of hydrogen-bond donors (Lipinski definition) is 1. The van der Waals surface area contributed by atoms with Crippen molar-refractivity contribution >= 4 is 0 Å².